The molecule has 1 fully saturated rings. The van der Waals surface area contributed by atoms with Crippen molar-refractivity contribution < 1.29 is 9.50 Å². The number of rotatable bonds is 4. The van der Waals surface area contributed by atoms with Crippen LogP contribution in [0.25, 0.3) is 0 Å². The summed E-state index contributed by atoms with van der Waals surface area (Å²) in [5, 5.41) is 13.0. The molecule has 0 aromatic heterocycles. The predicted molar refractivity (Wildman–Crippen MR) is 57.0 cm³/mol. The molecule has 0 heterocycles. The van der Waals surface area contributed by atoms with Gasteiger partial charge in [-0.3, -0.25) is 0 Å². The molecule has 3 heteroatoms. The number of hydrogen-bond acceptors (Lipinski definition) is 2. The zero-order chi connectivity index (χ0) is 10.7. The van der Waals surface area contributed by atoms with Crippen LogP contribution in [0, 0.1) is 5.82 Å². The summed E-state index contributed by atoms with van der Waals surface area (Å²) in [6, 6.07) is 6.90. The van der Waals surface area contributed by atoms with Crippen LogP contribution in [0.5, 0.6) is 0 Å². The van der Waals surface area contributed by atoms with Crippen LogP contribution in [0.15, 0.2) is 24.3 Å². The van der Waals surface area contributed by atoms with Crippen molar-refractivity contribution in [3.8, 4) is 0 Å². The van der Waals surface area contributed by atoms with E-state index in [-0.39, 0.29) is 5.82 Å². The fourth-order valence-electron chi connectivity index (χ4n) is 1.75. The van der Waals surface area contributed by atoms with Gasteiger partial charge in [-0.1, -0.05) is 24.6 Å². The number of nitrogens with one attached hydrogen (secondary N) is 1. The minimum absolute atomic E-state index is 0.333. The number of benzene rings is 1. The molecule has 0 bridgehead atoms. The molecule has 1 atom stereocenters. The highest BCUT2D eigenvalue weighted by Gasteiger charge is 2.19. The summed E-state index contributed by atoms with van der Waals surface area (Å²) in [4.78, 5) is 0. The first kappa shape index (κ1) is 10.6. The Morgan fingerprint density at radius 1 is 1.40 bits per heavy atom. The molecule has 0 aliphatic heterocycles. The van der Waals surface area contributed by atoms with Crippen molar-refractivity contribution in [2.45, 2.75) is 31.4 Å². The largest absolute Gasteiger partial charge is 0.387 e. The van der Waals surface area contributed by atoms with Crippen molar-refractivity contribution >= 4 is 0 Å². The quantitative estimate of drug-likeness (QED) is 0.795. The van der Waals surface area contributed by atoms with E-state index in [4.69, 9.17) is 0 Å². The van der Waals surface area contributed by atoms with Gasteiger partial charge in [0.15, 0.2) is 0 Å². The van der Waals surface area contributed by atoms with E-state index in [2.05, 4.69) is 5.32 Å². The lowest BCUT2D eigenvalue weighted by molar-refractivity contribution is 0.157. The monoisotopic (exact) mass is 209 g/mol. The van der Waals surface area contributed by atoms with Crippen LogP contribution in [0.2, 0.25) is 0 Å². The fraction of sp³-hybridized carbons (Fsp3) is 0.500. The molecule has 1 aromatic rings. The molecule has 1 unspecified atom stereocenters. The van der Waals surface area contributed by atoms with Gasteiger partial charge in [0, 0.05) is 18.2 Å². The molecule has 2 nitrogen and oxygen atoms in total. The molecule has 0 amide bonds. The van der Waals surface area contributed by atoms with Gasteiger partial charge >= 0.3 is 0 Å². The molecular formula is C12H16FNO. The van der Waals surface area contributed by atoms with Gasteiger partial charge in [-0.05, 0) is 18.9 Å². The maximum absolute atomic E-state index is 13.3. The van der Waals surface area contributed by atoms with Crippen LogP contribution in [0.4, 0.5) is 4.39 Å². The molecule has 2 N–H and O–H groups in total. The summed E-state index contributed by atoms with van der Waals surface area (Å²) in [5.74, 6) is -0.333. The second kappa shape index (κ2) is 4.73. The number of aliphatic hydroxyl groups is 1. The third kappa shape index (κ3) is 2.55. The lowest BCUT2D eigenvalue weighted by Gasteiger charge is -2.27. The van der Waals surface area contributed by atoms with Crippen molar-refractivity contribution in [1.82, 2.24) is 5.32 Å². The molecule has 15 heavy (non-hydrogen) atoms. The predicted octanol–water partition coefficient (Wildman–Crippen LogP) is 2.00. The van der Waals surface area contributed by atoms with Crippen molar-refractivity contribution in [1.29, 1.82) is 0 Å². The first-order chi connectivity index (χ1) is 7.27. The van der Waals surface area contributed by atoms with Gasteiger partial charge in [-0.15, -0.1) is 0 Å². The molecule has 1 aliphatic rings. The summed E-state index contributed by atoms with van der Waals surface area (Å²) in [7, 11) is 0. The molecule has 1 aliphatic carbocycles. The molecule has 2 rings (SSSR count). The van der Waals surface area contributed by atoms with Crippen molar-refractivity contribution in [3.05, 3.63) is 35.6 Å². The van der Waals surface area contributed by atoms with Crippen LogP contribution in [-0.2, 0) is 0 Å². The highest BCUT2D eigenvalue weighted by molar-refractivity contribution is 5.20. The van der Waals surface area contributed by atoms with Gasteiger partial charge in [0.2, 0.25) is 0 Å². The van der Waals surface area contributed by atoms with Gasteiger partial charge in [0.25, 0.3) is 0 Å². The van der Waals surface area contributed by atoms with Crippen molar-refractivity contribution in [2.75, 3.05) is 6.54 Å². The Morgan fingerprint density at radius 3 is 2.73 bits per heavy atom. The zero-order valence-corrected chi connectivity index (χ0v) is 8.62. The lowest BCUT2D eigenvalue weighted by Crippen LogP contribution is -2.37. The summed E-state index contributed by atoms with van der Waals surface area (Å²) in [6.45, 7) is 0.436. The Hall–Kier alpha value is -0.930. The summed E-state index contributed by atoms with van der Waals surface area (Å²) in [5.41, 5.74) is 0.379. The van der Waals surface area contributed by atoms with Crippen LogP contribution >= 0.6 is 0 Å². The Bertz CT molecular complexity index is 325. The van der Waals surface area contributed by atoms with Gasteiger partial charge in [0.05, 0.1) is 6.10 Å². The molecular weight excluding hydrogens is 193 g/mol. The van der Waals surface area contributed by atoms with E-state index < -0.39 is 6.10 Å². The van der Waals surface area contributed by atoms with Gasteiger partial charge in [0.1, 0.15) is 5.82 Å². The molecule has 1 aromatic carbocycles. The zero-order valence-electron chi connectivity index (χ0n) is 8.62. The highest BCUT2D eigenvalue weighted by Crippen LogP contribution is 2.20. The van der Waals surface area contributed by atoms with Crippen molar-refractivity contribution in [2.24, 2.45) is 0 Å². The number of halogens is 1. The minimum atomic E-state index is -0.744. The fourth-order valence-corrected chi connectivity index (χ4v) is 1.75. The Kier molecular flexibility index (Phi) is 3.34. The normalized spacial score (nSPS) is 18.5. The Morgan fingerprint density at radius 2 is 2.13 bits per heavy atom. The average molecular weight is 209 g/mol. The smallest absolute Gasteiger partial charge is 0.129 e. The number of aliphatic hydroxyl groups excluding tert-OH is 1. The second-order valence-electron chi connectivity index (χ2n) is 4.07. The second-order valence-corrected chi connectivity index (χ2v) is 4.07. The van der Waals surface area contributed by atoms with E-state index in [0.29, 0.717) is 18.2 Å². The molecule has 0 saturated heterocycles. The van der Waals surface area contributed by atoms with Crippen LogP contribution in [0.1, 0.15) is 30.9 Å². The van der Waals surface area contributed by atoms with Gasteiger partial charge < -0.3 is 10.4 Å². The summed E-state index contributed by atoms with van der Waals surface area (Å²) >= 11 is 0. The van der Waals surface area contributed by atoms with E-state index in [1.807, 2.05) is 0 Å². The van der Waals surface area contributed by atoms with Gasteiger partial charge in [-0.25, -0.2) is 4.39 Å². The maximum Gasteiger partial charge on any atom is 0.129 e. The molecule has 0 spiro atoms. The Balaban J connectivity index is 1.89. The molecule has 0 radical (unpaired) electrons. The Labute approximate surface area is 89.1 Å². The van der Waals surface area contributed by atoms with Gasteiger partial charge in [-0.2, -0.15) is 0 Å². The third-order valence-electron chi connectivity index (χ3n) is 2.97. The van der Waals surface area contributed by atoms with E-state index in [1.54, 1.807) is 18.2 Å². The minimum Gasteiger partial charge on any atom is -0.387 e. The molecule has 82 valence electrons. The van der Waals surface area contributed by atoms with Crippen molar-refractivity contribution in [3.63, 3.8) is 0 Å². The van der Waals surface area contributed by atoms with E-state index >= 15 is 0 Å². The van der Waals surface area contributed by atoms with E-state index in [0.717, 1.165) is 0 Å². The number of hydrogen-bond donors (Lipinski definition) is 2. The van der Waals surface area contributed by atoms with Crippen LogP contribution in [0.3, 0.4) is 0 Å². The topological polar surface area (TPSA) is 32.3 Å². The van der Waals surface area contributed by atoms with Crippen LogP contribution in [-0.4, -0.2) is 17.7 Å². The SMILES string of the molecule is OC(CNC1CCC1)c1ccccc1F. The summed E-state index contributed by atoms with van der Waals surface area (Å²) in [6.07, 6.45) is 2.85. The first-order valence-electron chi connectivity index (χ1n) is 5.43. The average Bonchev–Trinajstić information content (AvgIpc) is 2.16. The highest BCUT2D eigenvalue weighted by atomic mass is 19.1. The maximum atomic E-state index is 13.3. The molecule has 1 saturated carbocycles. The first-order valence-corrected chi connectivity index (χ1v) is 5.43. The van der Waals surface area contributed by atoms with E-state index in [1.165, 1.54) is 25.3 Å². The summed E-state index contributed by atoms with van der Waals surface area (Å²) < 4.78 is 13.3. The van der Waals surface area contributed by atoms with E-state index in [9.17, 15) is 9.50 Å². The third-order valence-corrected chi connectivity index (χ3v) is 2.97. The van der Waals surface area contributed by atoms with Crippen LogP contribution < -0.4 is 5.32 Å². The standard InChI is InChI=1S/C12H16FNO/c13-11-7-2-1-6-10(11)12(15)8-14-9-4-3-5-9/h1-2,6-7,9,12,14-15H,3-5,8H2. The lowest BCUT2D eigenvalue weighted by atomic mass is 9.93.